The number of amides is 1. The van der Waals surface area contributed by atoms with E-state index in [1.54, 1.807) is 58.6 Å². The molecule has 0 aliphatic heterocycles. The summed E-state index contributed by atoms with van der Waals surface area (Å²) in [7, 11) is 6.57. The van der Waals surface area contributed by atoms with E-state index in [9.17, 15) is 9.90 Å². The Morgan fingerprint density at radius 1 is 1.10 bits per heavy atom. The van der Waals surface area contributed by atoms with Gasteiger partial charge in [-0.25, -0.2) is 0 Å². The second kappa shape index (κ2) is 8.26. The van der Waals surface area contributed by atoms with Gasteiger partial charge in [-0.15, -0.1) is 0 Å². The first-order valence-corrected chi connectivity index (χ1v) is 9.25. The molecule has 1 heterocycles. The fourth-order valence-corrected chi connectivity index (χ4v) is 3.20. The molecular formula is C22H25N3O4. The van der Waals surface area contributed by atoms with Gasteiger partial charge in [0.25, 0.3) is 5.91 Å². The molecule has 3 aromatic rings. The number of hydrogen-bond donors (Lipinski definition) is 2. The van der Waals surface area contributed by atoms with Crippen molar-refractivity contribution in [1.82, 2.24) is 9.88 Å². The van der Waals surface area contributed by atoms with E-state index in [0.29, 0.717) is 40.4 Å². The van der Waals surface area contributed by atoms with Gasteiger partial charge in [-0.2, -0.15) is 0 Å². The summed E-state index contributed by atoms with van der Waals surface area (Å²) in [6.45, 7) is 1.97. The van der Waals surface area contributed by atoms with Crippen LogP contribution < -0.4 is 9.47 Å². The number of hydrogen-bond acceptors (Lipinski definition) is 5. The Morgan fingerprint density at radius 2 is 1.72 bits per heavy atom. The molecule has 0 unspecified atom stereocenters. The summed E-state index contributed by atoms with van der Waals surface area (Å²) in [5, 5.41) is 11.3. The summed E-state index contributed by atoms with van der Waals surface area (Å²) in [6.07, 6.45) is 0.604. The van der Waals surface area contributed by atoms with Crippen LogP contribution in [0.15, 0.2) is 41.4 Å². The molecule has 7 nitrogen and oxygen atoms in total. The molecule has 0 atom stereocenters. The number of methoxy groups -OCH3 is 2. The van der Waals surface area contributed by atoms with Crippen LogP contribution in [0, 0.1) is 0 Å². The summed E-state index contributed by atoms with van der Waals surface area (Å²) in [6, 6.07) is 10.7. The summed E-state index contributed by atoms with van der Waals surface area (Å²) >= 11 is 0. The summed E-state index contributed by atoms with van der Waals surface area (Å²) < 4.78 is 10.7. The number of rotatable bonds is 6. The molecule has 0 fully saturated rings. The molecule has 3 rings (SSSR count). The lowest BCUT2D eigenvalue weighted by molar-refractivity contribution is 0.0827. The van der Waals surface area contributed by atoms with Crippen molar-refractivity contribution in [3.8, 4) is 17.4 Å². The van der Waals surface area contributed by atoms with Crippen LogP contribution in [0.1, 0.15) is 29.3 Å². The molecule has 29 heavy (non-hydrogen) atoms. The van der Waals surface area contributed by atoms with Crippen LogP contribution in [0.5, 0.6) is 17.4 Å². The van der Waals surface area contributed by atoms with E-state index in [0.717, 1.165) is 10.9 Å². The first kappa shape index (κ1) is 20.3. The minimum Gasteiger partial charge on any atom is -0.494 e. The quantitative estimate of drug-likeness (QED) is 0.615. The zero-order valence-electron chi connectivity index (χ0n) is 17.2. The van der Waals surface area contributed by atoms with E-state index >= 15 is 0 Å². The highest BCUT2D eigenvalue weighted by Crippen LogP contribution is 2.37. The van der Waals surface area contributed by atoms with Crippen molar-refractivity contribution in [3.63, 3.8) is 0 Å². The molecular weight excluding hydrogens is 370 g/mol. The fourth-order valence-electron chi connectivity index (χ4n) is 3.20. The Balaban J connectivity index is 2.07. The number of nitrogens with one attached hydrogen (secondary N) is 1. The van der Waals surface area contributed by atoms with Gasteiger partial charge in [-0.1, -0.05) is 6.92 Å². The van der Waals surface area contributed by atoms with Crippen LogP contribution >= 0.6 is 0 Å². The van der Waals surface area contributed by atoms with Crippen molar-refractivity contribution in [3.05, 3.63) is 47.5 Å². The number of carbonyl (C=O) groups excluding carboxylic acids is 1. The van der Waals surface area contributed by atoms with Crippen LogP contribution in [0.4, 0.5) is 5.69 Å². The molecule has 152 valence electrons. The van der Waals surface area contributed by atoms with Crippen LogP contribution in [0.25, 0.3) is 10.9 Å². The van der Waals surface area contributed by atoms with Gasteiger partial charge in [0.15, 0.2) is 17.4 Å². The van der Waals surface area contributed by atoms with Crippen LogP contribution in [-0.2, 0) is 0 Å². The Labute approximate surface area is 169 Å². The lowest BCUT2D eigenvalue weighted by Crippen LogP contribution is -2.21. The summed E-state index contributed by atoms with van der Waals surface area (Å²) in [5.41, 5.74) is 3.36. The van der Waals surface area contributed by atoms with E-state index in [2.05, 4.69) is 4.98 Å². The number of aromatic hydroxyl groups is 1. The monoisotopic (exact) mass is 395 g/mol. The minimum atomic E-state index is -0.0634. The second-order valence-electron chi connectivity index (χ2n) is 6.76. The predicted molar refractivity (Wildman–Crippen MR) is 114 cm³/mol. The van der Waals surface area contributed by atoms with Crippen molar-refractivity contribution in [1.29, 1.82) is 0 Å². The van der Waals surface area contributed by atoms with Gasteiger partial charge in [0.2, 0.25) is 0 Å². The molecule has 0 aliphatic carbocycles. The van der Waals surface area contributed by atoms with Gasteiger partial charge in [0.05, 0.1) is 36.7 Å². The van der Waals surface area contributed by atoms with E-state index in [1.807, 2.05) is 13.0 Å². The molecule has 7 heteroatoms. The molecule has 0 saturated carbocycles. The van der Waals surface area contributed by atoms with Crippen molar-refractivity contribution in [2.45, 2.75) is 13.3 Å². The van der Waals surface area contributed by atoms with Gasteiger partial charge in [0.1, 0.15) is 0 Å². The van der Waals surface area contributed by atoms with Crippen LogP contribution in [-0.4, -0.2) is 54.9 Å². The Kier molecular flexibility index (Phi) is 5.77. The maximum absolute atomic E-state index is 12.1. The number of H-pyrrole nitrogens is 1. The Bertz CT molecular complexity index is 1070. The lowest BCUT2D eigenvalue weighted by atomic mass is 10.1. The van der Waals surface area contributed by atoms with Crippen molar-refractivity contribution >= 4 is 28.2 Å². The molecule has 1 aromatic heterocycles. The van der Waals surface area contributed by atoms with Gasteiger partial charge in [0, 0.05) is 31.1 Å². The summed E-state index contributed by atoms with van der Waals surface area (Å²) in [4.78, 5) is 21.3. The number of nitrogens with zero attached hydrogens (tertiary/aromatic N) is 2. The van der Waals surface area contributed by atoms with Crippen LogP contribution in [0.2, 0.25) is 0 Å². The first-order valence-electron chi connectivity index (χ1n) is 9.25. The maximum atomic E-state index is 12.1. The molecule has 2 N–H and O–H groups in total. The lowest BCUT2D eigenvalue weighted by Gasteiger charge is -2.10. The number of ether oxygens (including phenoxy) is 2. The number of aliphatic imine (C=N–C) groups is 1. The average molecular weight is 395 g/mol. The van der Waals surface area contributed by atoms with Crippen molar-refractivity contribution in [2.24, 2.45) is 4.99 Å². The molecule has 0 saturated heterocycles. The van der Waals surface area contributed by atoms with Crippen molar-refractivity contribution < 1.29 is 19.4 Å². The third-order valence-corrected chi connectivity index (χ3v) is 4.69. The number of fused-ring (bicyclic) bond motifs is 1. The fraction of sp³-hybridized carbons (Fsp3) is 0.273. The third-order valence-electron chi connectivity index (χ3n) is 4.69. The third kappa shape index (κ3) is 3.89. The smallest absolute Gasteiger partial charge is 0.253 e. The number of benzene rings is 2. The normalized spacial score (nSPS) is 11.6. The predicted octanol–water partition coefficient (Wildman–Crippen LogP) is 4.12. The maximum Gasteiger partial charge on any atom is 0.253 e. The highest BCUT2D eigenvalue weighted by Gasteiger charge is 2.19. The topological polar surface area (TPSA) is 87.2 Å². The average Bonchev–Trinajstić information content (AvgIpc) is 3.05. The van der Waals surface area contributed by atoms with E-state index < -0.39 is 0 Å². The van der Waals surface area contributed by atoms with Gasteiger partial charge >= 0.3 is 0 Å². The Morgan fingerprint density at radius 3 is 2.28 bits per heavy atom. The largest absolute Gasteiger partial charge is 0.494 e. The number of aromatic nitrogens is 1. The van der Waals surface area contributed by atoms with Crippen LogP contribution in [0.3, 0.4) is 0 Å². The number of carbonyl (C=O) groups is 1. The minimum absolute atomic E-state index is 0.0373. The van der Waals surface area contributed by atoms with Crippen molar-refractivity contribution in [2.75, 3.05) is 28.3 Å². The molecule has 0 radical (unpaired) electrons. The molecule has 2 aromatic carbocycles. The zero-order chi connectivity index (χ0) is 21.1. The highest BCUT2D eigenvalue weighted by atomic mass is 16.5. The standard InChI is InChI=1S/C22H25N3O4/c1-6-16(23-14-9-7-13(8-10-14)22(27)25(2)3)20-15-11-18(28-4)19(29-5)12-17(15)24-21(20)26/h7-12,24,26H,6H2,1-5H3. The highest BCUT2D eigenvalue weighted by molar-refractivity contribution is 6.14. The van der Waals surface area contributed by atoms with E-state index in [1.165, 1.54) is 4.90 Å². The molecule has 0 bridgehead atoms. The molecule has 0 aliphatic rings. The van der Waals surface area contributed by atoms with E-state index in [4.69, 9.17) is 14.5 Å². The summed E-state index contributed by atoms with van der Waals surface area (Å²) in [5.74, 6) is 1.12. The molecule has 0 spiro atoms. The van der Waals surface area contributed by atoms with E-state index in [-0.39, 0.29) is 11.8 Å². The molecule has 1 amide bonds. The van der Waals surface area contributed by atoms with Gasteiger partial charge in [-0.3, -0.25) is 9.79 Å². The second-order valence-corrected chi connectivity index (χ2v) is 6.76. The van der Waals surface area contributed by atoms with Gasteiger partial charge in [-0.05, 0) is 36.8 Å². The Hall–Kier alpha value is -3.48. The SMILES string of the molecule is CCC(=Nc1ccc(C(=O)N(C)C)cc1)c1c(O)[nH]c2cc(OC)c(OC)cc12. The number of aromatic amines is 1. The van der Waals surface area contributed by atoms with Gasteiger partial charge < -0.3 is 24.5 Å². The first-order chi connectivity index (χ1) is 13.9. The zero-order valence-corrected chi connectivity index (χ0v) is 17.2.